The number of nitrogens with zero attached hydrogens (tertiary/aromatic N) is 6. The van der Waals surface area contributed by atoms with Crippen molar-refractivity contribution < 1.29 is 14.2 Å². The van der Waals surface area contributed by atoms with E-state index < -0.39 is 0 Å². The molecule has 0 spiro atoms. The number of amides is 2. The molecule has 1 saturated carbocycles. The molecule has 9 nitrogen and oxygen atoms in total. The highest BCUT2D eigenvalue weighted by atomic mass is 16.6. The number of carbonyl (C=O) groups is 2. The predicted molar refractivity (Wildman–Crippen MR) is 113 cm³/mol. The average molecular weight is 420 g/mol. The first-order valence-electron chi connectivity index (χ1n) is 10.5. The van der Waals surface area contributed by atoms with E-state index in [0.717, 1.165) is 46.7 Å². The Bertz CT molecular complexity index is 1160. The Morgan fingerprint density at radius 2 is 1.97 bits per heavy atom. The Labute approximate surface area is 179 Å². The zero-order chi connectivity index (χ0) is 21.7. The highest BCUT2D eigenvalue weighted by molar-refractivity contribution is 6.06. The van der Waals surface area contributed by atoms with E-state index >= 15 is 0 Å². The van der Waals surface area contributed by atoms with E-state index in [-0.39, 0.29) is 23.8 Å². The van der Waals surface area contributed by atoms with Crippen LogP contribution in [0, 0.1) is 12.8 Å². The number of carbonyl (C=O) groups excluding carboxylic acids is 2. The van der Waals surface area contributed by atoms with Crippen molar-refractivity contribution in [2.24, 2.45) is 5.92 Å². The first-order valence-corrected chi connectivity index (χ1v) is 10.5. The van der Waals surface area contributed by atoms with Gasteiger partial charge in [-0.05, 0) is 44.4 Å². The number of benzene rings is 1. The second-order valence-corrected chi connectivity index (χ2v) is 8.39. The lowest BCUT2D eigenvalue weighted by atomic mass is 10.0. The fourth-order valence-electron chi connectivity index (χ4n) is 4.19. The lowest BCUT2D eigenvalue weighted by molar-refractivity contribution is -0.120. The molecule has 2 amide bonds. The standard InChI is InChI=1S/C22H24N6O3/c1-13-10-27(22(30)16-4-5-16)21-8-17(6-7-20(21)28(13)15(3)29)18-9-23-26(11-18)12-19-14(2)24-31-25-19/h6-9,11,13,16H,4-5,10,12H2,1-3H3. The molecule has 1 fully saturated rings. The first kappa shape index (κ1) is 19.5. The van der Waals surface area contributed by atoms with Gasteiger partial charge in [-0.15, -0.1) is 0 Å². The summed E-state index contributed by atoms with van der Waals surface area (Å²) in [5, 5.41) is 12.1. The van der Waals surface area contributed by atoms with Crippen LogP contribution in [0.1, 0.15) is 38.1 Å². The molecule has 0 radical (unpaired) electrons. The van der Waals surface area contributed by atoms with E-state index in [4.69, 9.17) is 4.63 Å². The molecular formula is C22H24N6O3. The quantitative estimate of drug-likeness (QED) is 0.644. The molecule has 9 heteroatoms. The number of hydrogen-bond acceptors (Lipinski definition) is 6. The monoisotopic (exact) mass is 420 g/mol. The normalized spacial score (nSPS) is 18.2. The number of hydrogen-bond donors (Lipinski definition) is 0. The summed E-state index contributed by atoms with van der Waals surface area (Å²) in [6, 6.07) is 5.82. The van der Waals surface area contributed by atoms with Gasteiger partial charge in [-0.2, -0.15) is 5.10 Å². The summed E-state index contributed by atoms with van der Waals surface area (Å²) in [5.74, 6) is 0.234. The zero-order valence-electron chi connectivity index (χ0n) is 17.8. The molecule has 1 aliphatic heterocycles. The molecule has 5 rings (SSSR count). The predicted octanol–water partition coefficient (Wildman–Crippen LogP) is 2.79. The number of fused-ring (bicyclic) bond motifs is 1. The largest absolute Gasteiger partial charge is 0.308 e. The number of aromatic nitrogens is 4. The summed E-state index contributed by atoms with van der Waals surface area (Å²) in [4.78, 5) is 28.9. The van der Waals surface area contributed by atoms with E-state index in [0.29, 0.717) is 13.1 Å². The molecule has 1 unspecified atom stereocenters. The third-order valence-corrected chi connectivity index (χ3v) is 5.97. The molecule has 3 aromatic rings. The van der Waals surface area contributed by atoms with Gasteiger partial charge in [0.2, 0.25) is 11.8 Å². The second-order valence-electron chi connectivity index (χ2n) is 8.39. The van der Waals surface area contributed by atoms with Crippen molar-refractivity contribution in [2.45, 2.75) is 46.2 Å². The number of anilines is 2. The minimum Gasteiger partial charge on any atom is -0.308 e. The number of aryl methyl sites for hydroxylation is 1. The number of rotatable bonds is 4. The van der Waals surface area contributed by atoms with Crippen molar-refractivity contribution in [2.75, 3.05) is 16.3 Å². The van der Waals surface area contributed by atoms with Gasteiger partial charge in [0.15, 0.2) is 0 Å². The van der Waals surface area contributed by atoms with Gasteiger partial charge in [0.05, 0.1) is 30.2 Å². The van der Waals surface area contributed by atoms with Crippen LogP contribution in [0.3, 0.4) is 0 Å². The van der Waals surface area contributed by atoms with Gasteiger partial charge < -0.3 is 9.80 Å². The lowest BCUT2D eigenvalue weighted by Crippen LogP contribution is -2.51. The Kier molecular flexibility index (Phi) is 4.60. The van der Waals surface area contributed by atoms with Gasteiger partial charge >= 0.3 is 0 Å². The van der Waals surface area contributed by atoms with Crippen LogP contribution in [0.4, 0.5) is 11.4 Å². The van der Waals surface area contributed by atoms with Gasteiger partial charge in [-0.3, -0.25) is 14.3 Å². The van der Waals surface area contributed by atoms with E-state index in [2.05, 4.69) is 15.4 Å². The Hall–Kier alpha value is -3.49. The smallest absolute Gasteiger partial charge is 0.230 e. The van der Waals surface area contributed by atoms with E-state index in [1.165, 1.54) is 0 Å². The van der Waals surface area contributed by atoms with Crippen molar-refractivity contribution in [3.8, 4) is 11.1 Å². The molecule has 0 N–H and O–H groups in total. The fourth-order valence-corrected chi connectivity index (χ4v) is 4.19. The van der Waals surface area contributed by atoms with Crippen LogP contribution in [0.2, 0.25) is 0 Å². The molecule has 2 aliphatic rings. The average Bonchev–Trinajstić information content (AvgIpc) is 3.37. The maximum absolute atomic E-state index is 13.0. The van der Waals surface area contributed by atoms with Crippen LogP contribution in [0.25, 0.3) is 11.1 Å². The summed E-state index contributed by atoms with van der Waals surface area (Å²) >= 11 is 0. The maximum atomic E-state index is 13.0. The van der Waals surface area contributed by atoms with Gasteiger partial charge in [0.1, 0.15) is 11.4 Å². The van der Waals surface area contributed by atoms with Crippen LogP contribution in [0.15, 0.2) is 35.2 Å². The molecule has 2 aromatic heterocycles. The molecule has 0 saturated heterocycles. The van der Waals surface area contributed by atoms with Crippen molar-refractivity contribution in [1.29, 1.82) is 0 Å². The summed E-state index contributed by atoms with van der Waals surface area (Å²) in [5.41, 5.74) is 4.88. The molecule has 31 heavy (non-hydrogen) atoms. The van der Waals surface area contributed by atoms with Gasteiger partial charge in [-0.25, -0.2) is 4.63 Å². The summed E-state index contributed by atoms with van der Waals surface area (Å²) in [7, 11) is 0. The van der Waals surface area contributed by atoms with Gasteiger partial charge in [-0.1, -0.05) is 16.4 Å². The highest BCUT2D eigenvalue weighted by Gasteiger charge is 2.39. The third kappa shape index (κ3) is 3.49. The summed E-state index contributed by atoms with van der Waals surface area (Å²) < 4.78 is 6.53. The molecule has 1 aliphatic carbocycles. The van der Waals surface area contributed by atoms with Gasteiger partial charge in [0, 0.05) is 31.1 Å². The molecule has 1 aromatic carbocycles. The Balaban J connectivity index is 1.50. The molecule has 3 heterocycles. The van der Waals surface area contributed by atoms with Crippen molar-refractivity contribution in [1.82, 2.24) is 20.1 Å². The van der Waals surface area contributed by atoms with Crippen LogP contribution in [-0.4, -0.2) is 44.5 Å². The molecule has 160 valence electrons. The van der Waals surface area contributed by atoms with Crippen molar-refractivity contribution >= 4 is 23.2 Å². The SMILES string of the molecule is CC(=O)N1c2ccc(-c3cnn(Cc4nonc4C)c3)cc2N(C(=O)C2CC2)CC1C. The fraction of sp³-hybridized carbons (Fsp3) is 0.409. The van der Waals surface area contributed by atoms with Crippen LogP contribution >= 0.6 is 0 Å². The summed E-state index contributed by atoms with van der Waals surface area (Å²) in [6.07, 6.45) is 5.60. The van der Waals surface area contributed by atoms with E-state index in [1.807, 2.05) is 43.1 Å². The summed E-state index contributed by atoms with van der Waals surface area (Å²) in [6.45, 7) is 6.35. The minimum atomic E-state index is -0.0689. The van der Waals surface area contributed by atoms with Crippen LogP contribution < -0.4 is 9.80 Å². The zero-order valence-corrected chi connectivity index (χ0v) is 17.8. The maximum Gasteiger partial charge on any atom is 0.230 e. The van der Waals surface area contributed by atoms with E-state index in [1.54, 1.807) is 22.7 Å². The van der Waals surface area contributed by atoms with Gasteiger partial charge in [0.25, 0.3) is 0 Å². The lowest BCUT2D eigenvalue weighted by Gasteiger charge is -2.41. The van der Waals surface area contributed by atoms with Crippen LogP contribution in [0.5, 0.6) is 0 Å². The second kappa shape index (κ2) is 7.33. The Morgan fingerprint density at radius 1 is 1.16 bits per heavy atom. The minimum absolute atomic E-state index is 0.0237. The third-order valence-electron chi connectivity index (χ3n) is 5.97. The molecule has 1 atom stereocenters. The highest BCUT2D eigenvalue weighted by Crippen LogP contribution is 2.42. The Morgan fingerprint density at radius 3 is 2.65 bits per heavy atom. The van der Waals surface area contributed by atoms with Crippen molar-refractivity contribution in [3.63, 3.8) is 0 Å². The van der Waals surface area contributed by atoms with Crippen LogP contribution in [-0.2, 0) is 16.1 Å². The molecule has 0 bridgehead atoms. The topological polar surface area (TPSA) is 97.4 Å². The van der Waals surface area contributed by atoms with Crippen molar-refractivity contribution in [3.05, 3.63) is 42.0 Å². The molecular weight excluding hydrogens is 396 g/mol. The first-order chi connectivity index (χ1) is 14.9. The van der Waals surface area contributed by atoms with E-state index in [9.17, 15) is 9.59 Å².